The Morgan fingerprint density at radius 2 is 1.71 bits per heavy atom. The molecule has 0 radical (unpaired) electrons. The van der Waals surface area contributed by atoms with E-state index >= 15 is 0 Å². The summed E-state index contributed by atoms with van der Waals surface area (Å²) in [6.07, 6.45) is 9.94. The lowest BCUT2D eigenvalue weighted by molar-refractivity contribution is 0.601. The highest BCUT2D eigenvalue weighted by atomic mass is 14.4. The zero-order chi connectivity index (χ0) is 19.8. The average Bonchev–Trinajstić information content (AvgIpc) is 3.22. The van der Waals surface area contributed by atoms with Crippen LogP contribution in [0.4, 0.5) is 0 Å². The van der Waals surface area contributed by atoms with Gasteiger partial charge < -0.3 is 0 Å². The van der Waals surface area contributed by atoms with Crippen molar-refractivity contribution in [1.29, 1.82) is 0 Å². The van der Waals surface area contributed by atoms with E-state index in [0.29, 0.717) is 5.92 Å². The summed E-state index contributed by atoms with van der Waals surface area (Å²) in [7, 11) is 0. The molecule has 2 aromatic rings. The fourth-order valence-corrected chi connectivity index (χ4v) is 5.53. The van der Waals surface area contributed by atoms with Crippen LogP contribution in [0.3, 0.4) is 0 Å². The van der Waals surface area contributed by atoms with Gasteiger partial charge in [-0.25, -0.2) is 0 Å². The number of hydrogen-bond acceptors (Lipinski definition) is 0. The highest BCUT2D eigenvalue weighted by molar-refractivity contribution is 5.91. The predicted molar refractivity (Wildman–Crippen MR) is 124 cm³/mol. The molecule has 0 heterocycles. The number of fused-ring (bicyclic) bond motifs is 5. The molecule has 0 N–H and O–H groups in total. The fourth-order valence-electron chi connectivity index (χ4n) is 5.53. The summed E-state index contributed by atoms with van der Waals surface area (Å²) >= 11 is 0. The lowest BCUT2D eigenvalue weighted by atomic mass is 9.87. The molecule has 2 aliphatic carbocycles. The monoisotopic (exact) mass is 370 g/mol. The Labute approximate surface area is 171 Å². The number of unbranched alkanes of at least 4 members (excludes halogenated alkanes) is 3. The Morgan fingerprint density at radius 3 is 2.43 bits per heavy atom. The van der Waals surface area contributed by atoms with E-state index in [1.165, 1.54) is 59.9 Å². The third kappa shape index (κ3) is 2.98. The van der Waals surface area contributed by atoms with E-state index in [1.54, 1.807) is 27.8 Å². The molecule has 0 bridgehead atoms. The van der Waals surface area contributed by atoms with Gasteiger partial charge in [0.15, 0.2) is 0 Å². The van der Waals surface area contributed by atoms with Crippen molar-refractivity contribution in [3.8, 4) is 11.1 Å². The van der Waals surface area contributed by atoms with E-state index in [9.17, 15) is 0 Å². The number of rotatable bonds is 7. The van der Waals surface area contributed by atoms with E-state index < -0.39 is 0 Å². The van der Waals surface area contributed by atoms with Gasteiger partial charge in [0, 0.05) is 5.92 Å². The molecule has 28 heavy (non-hydrogen) atoms. The van der Waals surface area contributed by atoms with Crippen molar-refractivity contribution in [2.75, 3.05) is 0 Å². The largest absolute Gasteiger partial charge is 0.0955 e. The Morgan fingerprint density at radius 1 is 0.964 bits per heavy atom. The molecule has 0 fully saturated rings. The first-order valence-electron chi connectivity index (χ1n) is 11.2. The van der Waals surface area contributed by atoms with E-state index in [4.69, 9.17) is 0 Å². The molecule has 4 rings (SSSR count). The van der Waals surface area contributed by atoms with Crippen molar-refractivity contribution in [3.05, 3.63) is 70.8 Å². The van der Waals surface area contributed by atoms with Crippen LogP contribution in [0.25, 0.3) is 22.3 Å². The highest BCUT2D eigenvalue weighted by Crippen LogP contribution is 2.54. The van der Waals surface area contributed by atoms with E-state index in [2.05, 4.69) is 58.2 Å². The molecule has 2 aromatic carbocycles. The summed E-state index contributed by atoms with van der Waals surface area (Å²) in [5.74, 6) is 0.561. The third-order valence-electron chi connectivity index (χ3n) is 6.91. The summed E-state index contributed by atoms with van der Waals surface area (Å²) in [4.78, 5) is 0. The molecule has 0 aromatic heterocycles. The first kappa shape index (κ1) is 19.2. The van der Waals surface area contributed by atoms with Gasteiger partial charge in [-0.05, 0) is 82.7 Å². The first-order valence-corrected chi connectivity index (χ1v) is 11.2. The van der Waals surface area contributed by atoms with Crippen molar-refractivity contribution in [2.24, 2.45) is 0 Å². The van der Waals surface area contributed by atoms with E-state index in [1.807, 2.05) is 0 Å². The zero-order valence-electron chi connectivity index (χ0n) is 18.0. The fraction of sp³-hybridized carbons (Fsp3) is 0.429. The minimum absolute atomic E-state index is 0.561. The van der Waals surface area contributed by atoms with Crippen LogP contribution in [-0.4, -0.2) is 0 Å². The normalized spacial score (nSPS) is 16.8. The molecular weight excluding hydrogens is 336 g/mol. The minimum atomic E-state index is 0.561. The van der Waals surface area contributed by atoms with Crippen molar-refractivity contribution in [1.82, 2.24) is 0 Å². The molecule has 0 spiro atoms. The molecule has 0 saturated carbocycles. The number of hydrogen-bond donors (Lipinski definition) is 0. The van der Waals surface area contributed by atoms with Crippen molar-refractivity contribution >= 4 is 11.1 Å². The van der Waals surface area contributed by atoms with Gasteiger partial charge >= 0.3 is 0 Å². The van der Waals surface area contributed by atoms with Crippen LogP contribution >= 0.6 is 0 Å². The summed E-state index contributed by atoms with van der Waals surface area (Å²) in [6.45, 7) is 15.4. The van der Waals surface area contributed by atoms with Gasteiger partial charge in [-0.2, -0.15) is 0 Å². The number of allylic oxidation sites excluding steroid dienone is 2. The second kappa shape index (κ2) is 7.74. The Hall–Kier alpha value is -2.08. The predicted octanol–water partition coefficient (Wildman–Crippen LogP) is 8.32. The lowest BCUT2D eigenvalue weighted by Crippen LogP contribution is -1.99. The second-order valence-electron chi connectivity index (χ2n) is 8.75. The van der Waals surface area contributed by atoms with Gasteiger partial charge in [0.2, 0.25) is 0 Å². The SMILES string of the molecule is C=C(C)c1ccc2c(c1CC)-c1c(ccc3c1CCC3=C)C2CCCCCC. The molecule has 1 unspecified atom stereocenters. The molecular formula is C28H34. The van der Waals surface area contributed by atoms with Gasteiger partial charge in [-0.15, -0.1) is 0 Å². The molecule has 0 saturated heterocycles. The Kier molecular flexibility index (Phi) is 5.32. The minimum Gasteiger partial charge on any atom is -0.0955 e. The summed E-state index contributed by atoms with van der Waals surface area (Å²) < 4.78 is 0. The quantitative estimate of drug-likeness (QED) is 0.430. The molecule has 0 nitrogen and oxygen atoms in total. The van der Waals surface area contributed by atoms with Crippen LogP contribution in [0, 0.1) is 0 Å². The Bertz CT molecular complexity index is 941. The van der Waals surface area contributed by atoms with Crippen LogP contribution in [0.15, 0.2) is 37.4 Å². The Balaban J connectivity index is 1.90. The van der Waals surface area contributed by atoms with Gasteiger partial charge in [-0.3, -0.25) is 0 Å². The van der Waals surface area contributed by atoms with E-state index in [0.717, 1.165) is 19.3 Å². The summed E-state index contributed by atoms with van der Waals surface area (Å²) in [5, 5.41) is 0. The maximum Gasteiger partial charge on any atom is 0.0102 e. The second-order valence-corrected chi connectivity index (χ2v) is 8.75. The van der Waals surface area contributed by atoms with Crippen LogP contribution in [-0.2, 0) is 12.8 Å². The topological polar surface area (TPSA) is 0 Å². The van der Waals surface area contributed by atoms with Crippen LogP contribution < -0.4 is 0 Å². The molecule has 0 aliphatic heterocycles. The van der Waals surface area contributed by atoms with Crippen molar-refractivity contribution in [2.45, 2.75) is 78.1 Å². The highest BCUT2D eigenvalue weighted by Gasteiger charge is 2.34. The standard InChI is InChI=1S/C28H34/c1-6-8-9-10-11-23-25-16-14-21(18(3)4)20(7-2)27(25)28-24-13-12-19(5)22(24)15-17-26(23)28/h14-17,23H,3,5-13H2,1-2,4H3. The molecule has 0 heteroatoms. The zero-order valence-corrected chi connectivity index (χ0v) is 18.0. The number of benzene rings is 2. The lowest BCUT2D eigenvalue weighted by Gasteiger charge is -2.17. The van der Waals surface area contributed by atoms with Crippen LogP contribution in [0.1, 0.15) is 98.6 Å². The smallest absolute Gasteiger partial charge is 0.0102 e. The first-order chi connectivity index (χ1) is 13.6. The van der Waals surface area contributed by atoms with Gasteiger partial charge in [-0.1, -0.05) is 82.5 Å². The van der Waals surface area contributed by atoms with Crippen LogP contribution in [0.2, 0.25) is 0 Å². The summed E-state index contributed by atoms with van der Waals surface area (Å²) in [5.41, 5.74) is 14.6. The molecule has 0 amide bonds. The van der Waals surface area contributed by atoms with E-state index in [-0.39, 0.29) is 0 Å². The van der Waals surface area contributed by atoms with Crippen molar-refractivity contribution < 1.29 is 0 Å². The molecule has 2 aliphatic rings. The van der Waals surface area contributed by atoms with Crippen LogP contribution in [0.5, 0.6) is 0 Å². The maximum atomic E-state index is 4.34. The van der Waals surface area contributed by atoms with Crippen molar-refractivity contribution in [3.63, 3.8) is 0 Å². The molecule has 146 valence electrons. The maximum absolute atomic E-state index is 4.34. The third-order valence-corrected chi connectivity index (χ3v) is 6.91. The van der Waals surface area contributed by atoms with Gasteiger partial charge in [0.1, 0.15) is 0 Å². The average molecular weight is 371 g/mol. The van der Waals surface area contributed by atoms with Gasteiger partial charge in [0.05, 0.1) is 0 Å². The van der Waals surface area contributed by atoms with Gasteiger partial charge in [0.25, 0.3) is 0 Å². The summed E-state index contributed by atoms with van der Waals surface area (Å²) in [6, 6.07) is 9.54. The molecule has 1 atom stereocenters.